The largest absolute Gasteiger partial charge is 0.497 e. The first-order valence-electron chi connectivity index (χ1n) is 6.88. The number of ether oxygens (including phenoxy) is 1. The van der Waals surface area contributed by atoms with E-state index in [-0.39, 0.29) is 0 Å². The Morgan fingerprint density at radius 2 is 2.00 bits per heavy atom. The standard InChI is InChI=1S/C17H20ClNO/c1-3-9-19-12-14-7-8-15(18)11-17(14)13-5-4-6-16(10-13)20-2/h4-8,10-11,19H,3,9,12H2,1-2H3. The van der Waals surface area contributed by atoms with Gasteiger partial charge in [-0.2, -0.15) is 0 Å². The summed E-state index contributed by atoms with van der Waals surface area (Å²) in [5.41, 5.74) is 3.52. The molecule has 0 amide bonds. The third kappa shape index (κ3) is 3.75. The van der Waals surface area contributed by atoms with Crippen molar-refractivity contribution >= 4 is 11.6 Å². The molecule has 0 fully saturated rings. The molecule has 106 valence electrons. The van der Waals surface area contributed by atoms with Gasteiger partial charge >= 0.3 is 0 Å². The second-order valence-electron chi connectivity index (χ2n) is 4.71. The fourth-order valence-electron chi connectivity index (χ4n) is 2.16. The quantitative estimate of drug-likeness (QED) is 0.790. The maximum atomic E-state index is 6.15. The minimum absolute atomic E-state index is 0.752. The Hall–Kier alpha value is -1.51. The summed E-state index contributed by atoms with van der Waals surface area (Å²) in [5, 5.41) is 4.19. The molecule has 3 heteroatoms. The minimum atomic E-state index is 0.752. The van der Waals surface area contributed by atoms with Crippen molar-refractivity contribution in [1.82, 2.24) is 5.32 Å². The van der Waals surface area contributed by atoms with Crippen molar-refractivity contribution in [2.24, 2.45) is 0 Å². The molecule has 2 rings (SSSR count). The summed E-state index contributed by atoms with van der Waals surface area (Å²) in [5.74, 6) is 0.856. The summed E-state index contributed by atoms with van der Waals surface area (Å²) in [6.45, 7) is 4.02. The van der Waals surface area contributed by atoms with Gasteiger partial charge in [-0.1, -0.05) is 36.7 Å². The lowest BCUT2D eigenvalue weighted by atomic mass is 9.99. The molecule has 0 spiro atoms. The number of nitrogens with one attached hydrogen (secondary N) is 1. The maximum absolute atomic E-state index is 6.15. The van der Waals surface area contributed by atoms with Gasteiger partial charge in [0.1, 0.15) is 5.75 Å². The van der Waals surface area contributed by atoms with Crippen LogP contribution in [0.5, 0.6) is 5.75 Å². The smallest absolute Gasteiger partial charge is 0.119 e. The molecule has 0 atom stereocenters. The highest BCUT2D eigenvalue weighted by molar-refractivity contribution is 6.30. The summed E-state index contributed by atoms with van der Waals surface area (Å²) in [6, 6.07) is 14.1. The first-order valence-corrected chi connectivity index (χ1v) is 7.26. The zero-order valence-electron chi connectivity index (χ0n) is 11.9. The molecule has 0 aliphatic carbocycles. The summed E-state index contributed by atoms with van der Waals surface area (Å²) in [7, 11) is 1.68. The van der Waals surface area contributed by atoms with Crippen molar-refractivity contribution in [2.45, 2.75) is 19.9 Å². The number of methoxy groups -OCH3 is 1. The van der Waals surface area contributed by atoms with Gasteiger partial charge in [-0.3, -0.25) is 0 Å². The lowest BCUT2D eigenvalue weighted by molar-refractivity contribution is 0.415. The van der Waals surface area contributed by atoms with E-state index < -0.39 is 0 Å². The predicted molar refractivity (Wildman–Crippen MR) is 85.4 cm³/mol. The van der Waals surface area contributed by atoms with Crippen LogP contribution in [0, 0.1) is 0 Å². The molecule has 1 N–H and O–H groups in total. The predicted octanol–water partition coefficient (Wildman–Crippen LogP) is 4.52. The highest BCUT2D eigenvalue weighted by atomic mass is 35.5. The average Bonchev–Trinajstić information content (AvgIpc) is 2.49. The molecule has 0 saturated carbocycles. The fourth-order valence-corrected chi connectivity index (χ4v) is 2.33. The van der Waals surface area contributed by atoms with Crippen LogP contribution in [0.1, 0.15) is 18.9 Å². The molecular formula is C17H20ClNO. The highest BCUT2D eigenvalue weighted by Crippen LogP contribution is 2.29. The van der Waals surface area contributed by atoms with Gasteiger partial charge in [0.25, 0.3) is 0 Å². The van der Waals surface area contributed by atoms with E-state index in [9.17, 15) is 0 Å². The fraction of sp³-hybridized carbons (Fsp3) is 0.294. The van der Waals surface area contributed by atoms with Gasteiger partial charge in [0.2, 0.25) is 0 Å². The average molecular weight is 290 g/mol. The molecule has 0 saturated heterocycles. The number of rotatable bonds is 6. The van der Waals surface area contributed by atoms with Gasteiger partial charge in [-0.25, -0.2) is 0 Å². The van der Waals surface area contributed by atoms with E-state index in [1.165, 1.54) is 5.56 Å². The number of benzene rings is 2. The molecule has 20 heavy (non-hydrogen) atoms. The second-order valence-corrected chi connectivity index (χ2v) is 5.15. The van der Waals surface area contributed by atoms with Crippen molar-refractivity contribution in [3.63, 3.8) is 0 Å². The molecule has 0 aliphatic rings. The van der Waals surface area contributed by atoms with Crippen LogP contribution < -0.4 is 10.1 Å². The lowest BCUT2D eigenvalue weighted by Crippen LogP contribution is -2.14. The van der Waals surface area contributed by atoms with Crippen LogP contribution in [-0.4, -0.2) is 13.7 Å². The molecule has 2 aromatic carbocycles. The molecule has 0 aliphatic heterocycles. The van der Waals surface area contributed by atoms with E-state index in [0.29, 0.717) is 0 Å². The van der Waals surface area contributed by atoms with Crippen molar-refractivity contribution in [3.8, 4) is 16.9 Å². The van der Waals surface area contributed by atoms with Gasteiger partial charge in [-0.15, -0.1) is 0 Å². The van der Waals surface area contributed by atoms with Gasteiger partial charge in [0, 0.05) is 11.6 Å². The monoisotopic (exact) mass is 289 g/mol. The van der Waals surface area contributed by atoms with Crippen molar-refractivity contribution < 1.29 is 4.74 Å². The molecular weight excluding hydrogens is 270 g/mol. The zero-order valence-corrected chi connectivity index (χ0v) is 12.7. The normalized spacial score (nSPS) is 10.6. The van der Waals surface area contributed by atoms with Gasteiger partial charge in [-0.05, 0) is 53.9 Å². The highest BCUT2D eigenvalue weighted by Gasteiger charge is 2.07. The summed E-state index contributed by atoms with van der Waals surface area (Å²) < 4.78 is 5.30. The molecule has 2 nitrogen and oxygen atoms in total. The summed E-state index contributed by atoms with van der Waals surface area (Å²) >= 11 is 6.15. The molecule has 2 aromatic rings. The van der Waals surface area contributed by atoms with Crippen LogP contribution in [0.2, 0.25) is 5.02 Å². The second kappa shape index (κ2) is 7.32. The Kier molecular flexibility index (Phi) is 5.45. The van der Waals surface area contributed by atoms with E-state index in [1.54, 1.807) is 7.11 Å². The molecule has 0 unspecified atom stereocenters. The summed E-state index contributed by atoms with van der Waals surface area (Å²) in [6.07, 6.45) is 1.13. The van der Waals surface area contributed by atoms with Gasteiger partial charge in [0.15, 0.2) is 0 Å². The van der Waals surface area contributed by atoms with Crippen LogP contribution in [-0.2, 0) is 6.54 Å². The zero-order chi connectivity index (χ0) is 14.4. The number of hydrogen-bond acceptors (Lipinski definition) is 2. The lowest BCUT2D eigenvalue weighted by Gasteiger charge is -2.12. The van der Waals surface area contributed by atoms with Crippen molar-refractivity contribution in [2.75, 3.05) is 13.7 Å². The molecule has 0 radical (unpaired) electrons. The van der Waals surface area contributed by atoms with E-state index in [1.807, 2.05) is 30.3 Å². The third-order valence-corrected chi connectivity index (χ3v) is 3.43. The van der Waals surface area contributed by atoms with Crippen LogP contribution in [0.25, 0.3) is 11.1 Å². The Morgan fingerprint density at radius 3 is 2.75 bits per heavy atom. The Balaban J connectivity index is 2.34. The van der Waals surface area contributed by atoms with Crippen LogP contribution in [0.4, 0.5) is 0 Å². The van der Waals surface area contributed by atoms with E-state index >= 15 is 0 Å². The van der Waals surface area contributed by atoms with Crippen molar-refractivity contribution in [1.29, 1.82) is 0 Å². The number of hydrogen-bond donors (Lipinski definition) is 1. The maximum Gasteiger partial charge on any atom is 0.119 e. The Labute approximate surface area is 125 Å². The minimum Gasteiger partial charge on any atom is -0.497 e. The number of halogens is 1. The third-order valence-electron chi connectivity index (χ3n) is 3.19. The Morgan fingerprint density at radius 1 is 1.15 bits per heavy atom. The first kappa shape index (κ1) is 14.9. The molecule has 0 heterocycles. The molecule has 0 aromatic heterocycles. The van der Waals surface area contributed by atoms with Crippen molar-refractivity contribution in [3.05, 3.63) is 53.1 Å². The Bertz CT molecular complexity index is 569. The van der Waals surface area contributed by atoms with E-state index in [0.717, 1.165) is 41.4 Å². The van der Waals surface area contributed by atoms with Gasteiger partial charge < -0.3 is 10.1 Å². The van der Waals surface area contributed by atoms with Crippen LogP contribution in [0.3, 0.4) is 0 Å². The van der Waals surface area contributed by atoms with E-state index in [2.05, 4.69) is 24.4 Å². The molecule has 0 bridgehead atoms. The van der Waals surface area contributed by atoms with Crippen LogP contribution in [0.15, 0.2) is 42.5 Å². The van der Waals surface area contributed by atoms with Gasteiger partial charge in [0.05, 0.1) is 7.11 Å². The SMILES string of the molecule is CCCNCc1ccc(Cl)cc1-c1cccc(OC)c1. The van der Waals surface area contributed by atoms with E-state index in [4.69, 9.17) is 16.3 Å². The first-order chi connectivity index (χ1) is 9.74. The topological polar surface area (TPSA) is 21.3 Å². The van der Waals surface area contributed by atoms with Crippen LogP contribution >= 0.6 is 11.6 Å². The summed E-state index contributed by atoms with van der Waals surface area (Å²) in [4.78, 5) is 0.